The van der Waals surface area contributed by atoms with Crippen molar-refractivity contribution >= 4 is 15.7 Å². The van der Waals surface area contributed by atoms with Gasteiger partial charge in [-0.3, -0.25) is 4.72 Å². The van der Waals surface area contributed by atoms with E-state index in [-0.39, 0.29) is 31.0 Å². The molecular weight excluding hydrogens is 185 g/mol. The van der Waals surface area contributed by atoms with Crippen LogP contribution in [-0.2, 0) is 10.0 Å². The Labute approximate surface area is 96.0 Å². The summed E-state index contributed by atoms with van der Waals surface area (Å²) in [7, 11) is -3.13. The van der Waals surface area contributed by atoms with Crippen molar-refractivity contribution in [2.75, 3.05) is 11.0 Å². The van der Waals surface area contributed by atoms with Crippen molar-refractivity contribution in [2.45, 2.75) is 0 Å². The van der Waals surface area contributed by atoms with Crippen LogP contribution in [0.25, 0.3) is 0 Å². The van der Waals surface area contributed by atoms with E-state index in [1.807, 2.05) is 6.07 Å². The van der Waals surface area contributed by atoms with Crippen LogP contribution in [0.5, 0.6) is 0 Å². The summed E-state index contributed by atoms with van der Waals surface area (Å²) >= 11 is 0. The Balaban J connectivity index is 0. The average Bonchev–Trinajstić information content (AvgIpc) is 1.85. The summed E-state index contributed by atoms with van der Waals surface area (Å²) in [6.07, 6.45) is 1.12. The van der Waals surface area contributed by atoms with Gasteiger partial charge in [-0.25, -0.2) is 8.42 Å². The summed E-state index contributed by atoms with van der Waals surface area (Å²) in [6.45, 7) is 0. The third-order valence-corrected chi connectivity index (χ3v) is 1.68. The zero-order valence-corrected chi connectivity index (χ0v) is 9.93. The Kier molecular flexibility index (Phi) is 4.85. The molecule has 0 amide bonds. The molecule has 0 spiro atoms. The molecule has 1 rings (SSSR count). The summed E-state index contributed by atoms with van der Waals surface area (Å²) in [4.78, 5) is 0. The normalized spacial score (nSPS) is 10.1. The van der Waals surface area contributed by atoms with E-state index in [1.165, 1.54) is 0 Å². The van der Waals surface area contributed by atoms with Crippen LogP contribution in [0.3, 0.4) is 0 Å². The quantitative estimate of drug-likeness (QED) is 0.564. The van der Waals surface area contributed by atoms with Crippen LogP contribution >= 0.6 is 0 Å². The first kappa shape index (κ1) is 12.0. The number of rotatable bonds is 2. The van der Waals surface area contributed by atoms with Gasteiger partial charge in [-0.05, 0) is 12.1 Å². The van der Waals surface area contributed by atoms with Gasteiger partial charge in [-0.15, -0.1) is 0 Å². The molecule has 0 radical (unpaired) electrons. The van der Waals surface area contributed by atoms with Gasteiger partial charge >= 0.3 is 29.6 Å². The molecule has 1 aromatic carbocycles. The molecule has 5 heteroatoms. The number of hydrogen-bond acceptors (Lipinski definition) is 2. The van der Waals surface area contributed by atoms with E-state index in [0.29, 0.717) is 5.69 Å². The predicted octanol–water partition coefficient (Wildman–Crippen LogP) is -1.83. The number of hydrogen-bond donors (Lipinski definition) is 1. The molecule has 0 saturated carbocycles. The minimum absolute atomic E-state index is 0. The van der Waals surface area contributed by atoms with Gasteiger partial charge in [-0.2, -0.15) is 0 Å². The van der Waals surface area contributed by atoms with E-state index in [9.17, 15) is 8.42 Å². The summed E-state index contributed by atoms with van der Waals surface area (Å²) in [6, 6.07) is 8.76. The van der Waals surface area contributed by atoms with E-state index in [1.54, 1.807) is 24.3 Å². The van der Waals surface area contributed by atoms with Gasteiger partial charge in [0.2, 0.25) is 10.0 Å². The summed E-state index contributed by atoms with van der Waals surface area (Å²) in [5.74, 6) is 0. The van der Waals surface area contributed by atoms with Crippen molar-refractivity contribution in [2.24, 2.45) is 0 Å². The van der Waals surface area contributed by atoms with Gasteiger partial charge in [0.05, 0.1) is 6.26 Å². The second kappa shape index (κ2) is 4.87. The maximum absolute atomic E-state index is 10.7. The standard InChI is InChI=1S/C7H9NO2S.Na.H/c1-11(9,10)8-7-5-3-2-4-6-7;;/h2-6,8H,1H3;;/q;+1;-1. The summed E-state index contributed by atoms with van der Waals surface area (Å²) < 4.78 is 23.7. The van der Waals surface area contributed by atoms with E-state index >= 15 is 0 Å². The maximum atomic E-state index is 10.7. The number of benzene rings is 1. The molecule has 0 unspecified atom stereocenters. The summed E-state index contributed by atoms with van der Waals surface area (Å²) in [5, 5.41) is 0. The molecular formula is C7H10NNaO2S. The monoisotopic (exact) mass is 195 g/mol. The van der Waals surface area contributed by atoms with Gasteiger partial charge in [-0.1, -0.05) is 18.2 Å². The molecule has 0 aromatic heterocycles. The largest absolute Gasteiger partial charge is 1.00 e. The third-order valence-electron chi connectivity index (χ3n) is 1.08. The fourth-order valence-electron chi connectivity index (χ4n) is 0.720. The predicted molar refractivity (Wildman–Crippen MR) is 46.0 cm³/mol. The van der Waals surface area contributed by atoms with Crippen LogP contribution in [0.15, 0.2) is 30.3 Å². The zero-order valence-electron chi connectivity index (χ0n) is 8.11. The number of anilines is 1. The molecule has 62 valence electrons. The molecule has 0 aliphatic rings. The Bertz CT molecular complexity index is 328. The molecule has 1 N–H and O–H groups in total. The van der Waals surface area contributed by atoms with Crippen molar-refractivity contribution in [3.05, 3.63) is 30.3 Å². The van der Waals surface area contributed by atoms with Gasteiger partial charge in [0.1, 0.15) is 0 Å². The number of sulfonamides is 1. The van der Waals surface area contributed by atoms with Crippen molar-refractivity contribution in [3.8, 4) is 0 Å². The van der Waals surface area contributed by atoms with Crippen LogP contribution in [0.2, 0.25) is 0 Å². The molecule has 0 aliphatic carbocycles. The fraction of sp³-hybridized carbons (Fsp3) is 0.143. The van der Waals surface area contributed by atoms with Crippen molar-refractivity contribution in [1.29, 1.82) is 0 Å². The van der Waals surface area contributed by atoms with E-state index < -0.39 is 10.0 Å². The van der Waals surface area contributed by atoms with E-state index in [0.717, 1.165) is 6.26 Å². The summed E-state index contributed by atoms with van der Waals surface area (Å²) in [5.41, 5.74) is 0.593. The maximum Gasteiger partial charge on any atom is 1.00 e. The van der Waals surface area contributed by atoms with E-state index in [4.69, 9.17) is 0 Å². The van der Waals surface area contributed by atoms with Crippen molar-refractivity contribution in [3.63, 3.8) is 0 Å². The molecule has 0 heterocycles. The van der Waals surface area contributed by atoms with Crippen LogP contribution in [0.1, 0.15) is 1.43 Å². The Morgan fingerprint density at radius 2 is 1.75 bits per heavy atom. The second-order valence-corrected chi connectivity index (χ2v) is 3.99. The third kappa shape index (κ3) is 4.77. The average molecular weight is 195 g/mol. The van der Waals surface area contributed by atoms with Crippen LogP contribution in [-0.4, -0.2) is 14.7 Å². The fourth-order valence-corrected chi connectivity index (χ4v) is 1.28. The molecule has 0 fully saturated rings. The number of para-hydroxylation sites is 1. The van der Waals surface area contributed by atoms with Gasteiger partial charge in [0.15, 0.2) is 0 Å². The molecule has 0 bridgehead atoms. The SMILES string of the molecule is CS(=O)(=O)Nc1ccccc1.[H-].[Na+]. The molecule has 12 heavy (non-hydrogen) atoms. The minimum atomic E-state index is -3.13. The van der Waals surface area contributed by atoms with Crippen molar-refractivity contribution in [1.82, 2.24) is 0 Å². The molecule has 3 nitrogen and oxygen atoms in total. The van der Waals surface area contributed by atoms with Gasteiger partial charge < -0.3 is 1.43 Å². The van der Waals surface area contributed by atoms with Crippen LogP contribution in [0, 0.1) is 0 Å². The first-order chi connectivity index (χ1) is 5.08. The Morgan fingerprint density at radius 3 is 2.17 bits per heavy atom. The smallest absolute Gasteiger partial charge is 1.00 e. The molecule has 0 atom stereocenters. The zero-order chi connectivity index (χ0) is 8.32. The second-order valence-electron chi connectivity index (χ2n) is 2.24. The molecule has 0 saturated heterocycles. The van der Waals surface area contributed by atoms with E-state index in [2.05, 4.69) is 4.72 Å². The Hall–Kier alpha value is -0.0300. The minimum Gasteiger partial charge on any atom is -1.00 e. The Morgan fingerprint density at radius 1 is 1.25 bits per heavy atom. The molecule has 1 aromatic rings. The van der Waals surface area contributed by atoms with Gasteiger partial charge in [0.25, 0.3) is 0 Å². The first-order valence-electron chi connectivity index (χ1n) is 3.11. The first-order valence-corrected chi connectivity index (χ1v) is 5.00. The molecule has 0 aliphatic heterocycles. The van der Waals surface area contributed by atoms with Crippen molar-refractivity contribution < 1.29 is 39.4 Å². The van der Waals surface area contributed by atoms with Gasteiger partial charge in [0, 0.05) is 5.69 Å². The topological polar surface area (TPSA) is 46.2 Å². The number of nitrogens with one attached hydrogen (secondary N) is 1. The van der Waals surface area contributed by atoms with Crippen LogP contribution in [0.4, 0.5) is 5.69 Å². The van der Waals surface area contributed by atoms with Crippen LogP contribution < -0.4 is 34.3 Å².